The van der Waals surface area contributed by atoms with E-state index in [-0.39, 0.29) is 18.6 Å². The number of aromatic amines is 1. The van der Waals surface area contributed by atoms with E-state index in [0.29, 0.717) is 34.1 Å². The minimum Gasteiger partial charge on any atom is -0.460 e. The van der Waals surface area contributed by atoms with Gasteiger partial charge in [0.15, 0.2) is 0 Å². The summed E-state index contributed by atoms with van der Waals surface area (Å²) in [6.45, 7) is 5.95. The Kier molecular flexibility index (Phi) is 7.45. The number of nitrogens with one attached hydrogen (secondary N) is 2. The zero-order valence-corrected chi connectivity index (χ0v) is 16.8. The van der Waals surface area contributed by atoms with Crippen LogP contribution in [0.3, 0.4) is 0 Å². The number of esters is 1. The number of methoxy groups -OCH3 is 1. The molecule has 0 fully saturated rings. The first-order chi connectivity index (χ1) is 12.9. The van der Waals surface area contributed by atoms with E-state index >= 15 is 0 Å². The molecule has 1 atom stereocenters. The molecule has 146 valence electrons. The number of ether oxygens (including phenoxy) is 2. The van der Waals surface area contributed by atoms with Gasteiger partial charge in [0.2, 0.25) is 0 Å². The van der Waals surface area contributed by atoms with Crippen molar-refractivity contribution in [2.45, 2.75) is 33.2 Å². The van der Waals surface area contributed by atoms with E-state index < -0.39 is 5.97 Å². The highest BCUT2D eigenvalue weighted by Gasteiger charge is 2.24. The van der Waals surface area contributed by atoms with Crippen LogP contribution in [0.1, 0.15) is 57.1 Å². The van der Waals surface area contributed by atoms with Gasteiger partial charge in [-0.15, -0.1) is 0 Å². The van der Waals surface area contributed by atoms with E-state index in [0.717, 1.165) is 12.0 Å². The summed E-state index contributed by atoms with van der Waals surface area (Å²) in [7, 11) is 1.54. The molecule has 0 aliphatic heterocycles. The topological polar surface area (TPSA) is 80.4 Å². The van der Waals surface area contributed by atoms with Crippen molar-refractivity contribution in [1.82, 2.24) is 10.3 Å². The van der Waals surface area contributed by atoms with E-state index in [4.69, 9.17) is 21.1 Å². The standard InChI is InChI=1S/C20H25ClN2O4/c1-5-16(14-6-8-15(21)9-7-14)23-19(24)18-12(2)17(13(3)22-18)20(25)27-11-10-26-4/h6-9,16,22H,5,10-11H2,1-4H3,(H,23,24). The molecule has 2 aromatic rings. The van der Waals surface area contributed by atoms with Gasteiger partial charge in [-0.1, -0.05) is 30.7 Å². The van der Waals surface area contributed by atoms with Gasteiger partial charge in [-0.3, -0.25) is 4.79 Å². The molecule has 0 bridgehead atoms. The number of carbonyl (C=O) groups is 2. The van der Waals surface area contributed by atoms with Crippen LogP contribution in [0.2, 0.25) is 5.02 Å². The van der Waals surface area contributed by atoms with Gasteiger partial charge in [0.05, 0.1) is 18.2 Å². The lowest BCUT2D eigenvalue weighted by molar-refractivity contribution is 0.0387. The number of aromatic nitrogens is 1. The second-order valence-corrected chi connectivity index (χ2v) is 6.68. The van der Waals surface area contributed by atoms with Gasteiger partial charge in [-0.25, -0.2) is 4.79 Å². The smallest absolute Gasteiger partial charge is 0.340 e. The Morgan fingerprint density at radius 3 is 2.44 bits per heavy atom. The minimum absolute atomic E-state index is 0.158. The largest absolute Gasteiger partial charge is 0.460 e. The number of halogens is 1. The molecule has 0 saturated heterocycles. The summed E-state index contributed by atoms with van der Waals surface area (Å²) in [6.07, 6.45) is 0.720. The zero-order chi connectivity index (χ0) is 20.0. The van der Waals surface area contributed by atoms with Gasteiger partial charge in [0.25, 0.3) is 5.91 Å². The van der Waals surface area contributed by atoms with Gasteiger partial charge in [0.1, 0.15) is 12.3 Å². The van der Waals surface area contributed by atoms with Gasteiger partial charge in [0, 0.05) is 17.8 Å². The number of carbonyl (C=O) groups excluding carboxylic acids is 2. The van der Waals surface area contributed by atoms with Gasteiger partial charge >= 0.3 is 5.97 Å². The van der Waals surface area contributed by atoms with Crippen molar-refractivity contribution in [2.24, 2.45) is 0 Å². The molecule has 1 aromatic carbocycles. The van der Waals surface area contributed by atoms with Crippen LogP contribution in [-0.2, 0) is 9.47 Å². The molecule has 27 heavy (non-hydrogen) atoms. The van der Waals surface area contributed by atoms with Crippen LogP contribution in [0.25, 0.3) is 0 Å². The third-order valence-corrected chi connectivity index (χ3v) is 4.63. The van der Waals surface area contributed by atoms with Crippen molar-refractivity contribution in [3.8, 4) is 0 Å². The zero-order valence-electron chi connectivity index (χ0n) is 16.0. The molecule has 0 aliphatic rings. The number of aryl methyl sites for hydroxylation is 1. The maximum absolute atomic E-state index is 12.8. The summed E-state index contributed by atoms with van der Waals surface area (Å²) in [5.74, 6) is -0.740. The lowest BCUT2D eigenvalue weighted by atomic mass is 10.0. The fraction of sp³-hybridized carbons (Fsp3) is 0.400. The number of H-pyrrole nitrogens is 1. The maximum Gasteiger partial charge on any atom is 0.340 e. The van der Waals surface area contributed by atoms with Crippen molar-refractivity contribution >= 4 is 23.5 Å². The average Bonchev–Trinajstić information content (AvgIpc) is 2.95. The Labute approximate surface area is 164 Å². The van der Waals surface area contributed by atoms with E-state index in [1.165, 1.54) is 7.11 Å². The third-order valence-electron chi connectivity index (χ3n) is 4.38. The molecular weight excluding hydrogens is 368 g/mol. The molecule has 0 aliphatic carbocycles. The summed E-state index contributed by atoms with van der Waals surface area (Å²) < 4.78 is 10.1. The molecule has 6 nitrogen and oxygen atoms in total. The lowest BCUT2D eigenvalue weighted by Gasteiger charge is -2.17. The number of amides is 1. The summed E-state index contributed by atoms with van der Waals surface area (Å²) in [4.78, 5) is 28.1. The Balaban J connectivity index is 2.17. The Hall–Kier alpha value is -2.31. The molecule has 1 aromatic heterocycles. The van der Waals surface area contributed by atoms with Crippen molar-refractivity contribution in [3.05, 3.63) is 57.4 Å². The summed E-state index contributed by atoms with van der Waals surface area (Å²) in [5, 5.41) is 3.65. The number of rotatable bonds is 8. The molecule has 0 saturated carbocycles. The molecule has 1 amide bonds. The Morgan fingerprint density at radius 2 is 1.85 bits per heavy atom. The van der Waals surface area contributed by atoms with Crippen LogP contribution in [0.4, 0.5) is 0 Å². The highest BCUT2D eigenvalue weighted by atomic mass is 35.5. The van der Waals surface area contributed by atoms with Crippen LogP contribution < -0.4 is 5.32 Å². The highest BCUT2D eigenvalue weighted by Crippen LogP contribution is 2.22. The maximum atomic E-state index is 12.8. The van der Waals surface area contributed by atoms with Crippen molar-refractivity contribution < 1.29 is 19.1 Å². The molecule has 2 N–H and O–H groups in total. The molecule has 2 rings (SSSR count). The Morgan fingerprint density at radius 1 is 1.19 bits per heavy atom. The molecule has 0 radical (unpaired) electrons. The first-order valence-corrected chi connectivity index (χ1v) is 9.18. The monoisotopic (exact) mass is 392 g/mol. The molecule has 1 unspecified atom stereocenters. The van der Waals surface area contributed by atoms with E-state index in [2.05, 4.69) is 10.3 Å². The predicted molar refractivity (Wildman–Crippen MR) is 104 cm³/mol. The normalized spacial score (nSPS) is 11.9. The second-order valence-electron chi connectivity index (χ2n) is 6.24. The van der Waals surface area contributed by atoms with E-state index in [9.17, 15) is 9.59 Å². The van der Waals surface area contributed by atoms with E-state index in [1.807, 2.05) is 19.1 Å². The van der Waals surface area contributed by atoms with Crippen LogP contribution in [0, 0.1) is 13.8 Å². The quantitative estimate of drug-likeness (QED) is 0.526. The van der Waals surface area contributed by atoms with Gasteiger partial charge < -0.3 is 19.8 Å². The van der Waals surface area contributed by atoms with Crippen LogP contribution in [0.5, 0.6) is 0 Å². The molecular formula is C20H25ClN2O4. The Bertz CT molecular complexity index is 799. The first-order valence-electron chi connectivity index (χ1n) is 8.80. The first kappa shape index (κ1) is 21.0. The van der Waals surface area contributed by atoms with Gasteiger partial charge in [-0.05, 0) is 43.5 Å². The average molecular weight is 393 g/mol. The number of hydrogen-bond acceptors (Lipinski definition) is 4. The third kappa shape index (κ3) is 5.11. The number of hydrogen-bond donors (Lipinski definition) is 2. The highest BCUT2D eigenvalue weighted by molar-refractivity contribution is 6.30. The second kappa shape index (κ2) is 9.58. The van der Waals surface area contributed by atoms with Crippen molar-refractivity contribution in [3.63, 3.8) is 0 Å². The van der Waals surface area contributed by atoms with Gasteiger partial charge in [-0.2, -0.15) is 0 Å². The fourth-order valence-electron chi connectivity index (χ4n) is 2.92. The van der Waals surface area contributed by atoms with Crippen LogP contribution in [-0.4, -0.2) is 37.2 Å². The van der Waals surface area contributed by atoms with E-state index in [1.54, 1.807) is 26.0 Å². The SMILES string of the molecule is CCC(NC(=O)c1[nH]c(C)c(C(=O)OCCOC)c1C)c1ccc(Cl)cc1. The number of benzene rings is 1. The summed E-state index contributed by atoms with van der Waals surface area (Å²) >= 11 is 5.93. The molecule has 1 heterocycles. The molecule has 7 heteroatoms. The fourth-order valence-corrected chi connectivity index (χ4v) is 3.05. The summed E-state index contributed by atoms with van der Waals surface area (Å²) in [6, 6.07) is 7.22. The van der Waals surface area contributed by atoms with Crippen LogP contribution >= 0.6 is 11.6 Å². The van der Waals surface area contributed by atoms with Crippen molar-refractivity contribution in [2.75, 3.05) is 20.3 Å². The van der Waals surface area contributed by atoms with Crippen LogP contribution in [0.15, 0.2) is 24.3 Å². The summed E-state index contributed by atoms with van der Waals surface area (Å²) in [5.41, 5.74) is 2.88. The van der Waals surface area contributed by atoms with Crippen molar-refractivity contribution in [1.29, 1.82) is 0 Å². The predicted octanol–water partition coefficient (Wildman–Crippen LogP) is 3.97. The molecule has 0 spiro atoms. The minimum atomic E-state index is -0.470. The lowest BCUT2D eigenvalue weighted by Crippen LogP contribution is -2.29.